The molecule has 0 amide bonds. The lowest BCUT2D eigenvalue weighted by atomic mass is 9.93. The second-order valence-corrected chi connectivity index (χ2v) is 6.74. The fourth-order valence-electron chi connectivity index (χ4n) is 3.49. The van der Waals surface area contributed by atoms with Crippen LogP contribution >= 0.6 is 0 Å². The highest BCUT2D eigenvalue weighted by Gasteiger charge is 2.32. The molecule has 1 saturated heterocycles. The van der Waals surface area contributed by atoms with Gasteiger partial charge in [0.2, 0.25) is 0 Å². The highest BCUT2D eigenvalue weighted by molar-refractivity contribution is 5.67. The summed E-state index contributed by atoms with van der Waals surface area (Å²) in [6.07, 6.45) is 3.48. The van der Waals surface area contributed by atoms with E-state index >= 15 is 0 Å². The van der Waals surface area contributed by atoms with Gasteiger partial charge in [-0.05, 0) is 46.2 Å². The van der Waals surface area contributed by atoms with Gasteiger partial charge in [-0.1, -0.05) is 6.92 Å². The fourth-order valence-corrected chi connectivity index (χ4v) is 3.49. The van der Waals surface area contributed by atoms with Crippen molar-refractivity contribution >= 4 is 11.5 Å². The van der Waals surface area contributed by atoms with E-state index in [9.17, 15) is 0 Å². The number of hydrogen-bond acceptors (Lipinski definition) is 4. The molecule has 1 aromatic rings. The highest BCUT2D eigenvalue weighted by atomic mass is 15.4. The van der Waals surface area contributed by atoms with Gasteiger partial charge in [0.1, 0.15) is 0 Å². The van der Waals surface area contributed by atoms with Gasteiger partial charge in [-0.25, -0.2) is 0 Å². The van der Waals surface area contributed by atoms with Gasteiger partial charge < -0.3 is 15.5 Å². The van der Waals surface area contributed by atoms with E-state index in [1.807, 2.05) is 0 Å². The van der Waals surface area contributed by atoms with Gasteiger partial charge in [0, 0.05) is 19.1 Å². The molecule has 5 heteroatoms. The summed E-state index contributed by atoms with van der Waals surface area (Å²) in [6.45, 7) is 6.67. The van der Waals surface area contributed by atoms with Crippen molar-refractivity contribution in [2.45, 2.75) is 45.2 Å². The Hall–Kier alpha value is -1.23. The Morgan fingerprint density at radius 3 is 2.65 bits per heavy atom. The average Bonchev–Trinajstić information content (AvgIpc) is 2.99. The summed E-state index contributed by atoms with van der Waals surface area (Å²) in [4.78, 5) is 4.67. The smallest absolute Gasteiger partial charge is 0.174 e. The van der Waals surface area contributed by atoms with E-state index in [2.05, 4.69) is 42.4 Å². The summed E-state index contributed by atoms with van der Waals surface area (Å²) in [5, 5.41) is 4.86. The zero-order valence-electron chi connectivity index (χ0n) is 13.1. The molecule has 3 rings (SSSR count). The minimum absolute atomic E-state index is 0.460. The van der Waals surface area contributed by atoms with Crippen molar-refractivity contribution in [2.75, 3.05) is 37.8 Å². The Kier molecular flexibility index (Phi) is 3.40. The van der Waals surface area contributed by atoms with Crippen molar-refractivity contribution in [3.63, 3.8) is 0 Å². The van der Waals surface area contributed by atoms with Crippen LogP contribution in [0, 0.1) is 5.92 Å². The quantitative estimate of drug-likeness (QED) is 0.895. The Morgan fingerprint density at radius 1 is 1.25 bits per heavy atom. The van der Waals surface area contributed by atoms with Gasteiger partial charge in [0.05, 0.1) is 17.4 Å². The van der Waals surface area contributed by atoms with E-state index in [4.69, 9.17) is 10.8 Å². The van der Waals surface area contributed by atoms with E-state index in [-0.39, 0.29) is 0 Å². The molecule has 0 aromatic carbocycles. The fraction of sp³-hybridized carbons (Fsp3) is 0.800. The third kappa shape index (κ3) is 2.08. The molecule has 112 valence electrons. The summed E-state index contributed by atoms with van der Waals surface area (Å²) in [5.41, 5.74) is 8.56. The zero-order chi connectivity index (χ0) is 14.4. The van der Waals surface area contributed by atoms with Crippen LogP contribution in [0.5, 0.6) is 0 Å². The van der Waals surface area contributed by atoms with Gasteiger partial charge in [-0.3, -0.25) is 4.68 Å². The van der Waals surface area contributed by atoms with Gasteiger partial charge in [-0.15, -0.1) is 0 Å². The lowest BCUT2D eigenvalue weighted by Gasteiger charge is -2.27. The normalized spacial score (nSPS) is 30.1. The summed E-state index contributed by atoms with van der Waals surface area (Å²) < 4.78 is 2.18. The Labute approximate surface area is 121 Å². The van der Waals surface area contributed by atoms with Crippen LogP contribution in [-0.4, -0.2) is 47.9 Å². The summed E-state index contributed by atoms with van der Waals surface area (Å²) in [7, 11) is 4.30. The second-order valence-electron chi connectivity index (χ2n) is 6.74. The minimum atomic E-state index is 0.460. The van der Waals surface area contributed by atoms with Crippen LogP contribution in [0.1, 0.15) is 38.4 Å². The average molecular weight is 277 g/mol. The number of rotatable bonds is 2. The number of hydrogen-bond donors (Lipinski definition) is 1. The van der Waals surface area contributed by atoms with E-state index in [0.717, 1.165) is 31.0 Å². The molecular formula is C15H27N5. The van der Waals surface area contributed by atoms with Crippen LogP contribution < -0.4 is 10.6 Å². The molecule has 3 unspecified atom stereocenters. The molecule has 0 saturated carbocycles. The first kappa shape index (κ1) is 13.7. The van der Waals surface area contributed by atoms with Crippen molar-refractivity contribution < 1.29 is 0 Å². The minimum Gasteiger partial charge on any atom is -0.394 e. The molecule has 0 spiro atoms. The largest absolute Gasteiger partial charge is 0.394 e. The van der Waals surface area contributed by atoms with Gasteiger partial charge in [-0.2, -0.15) is 5.10 Å². The SMILES string of the molecule is CC1CCc2c(N)c(N3CCC(N(C)C)C3)nn2C1C. The van der Waals surface area contributed by atoms with Crippen LogP contribution in [0.3, 0.4) is 0 Å². The molecule has 1 fully saturated rings. The molecule has 2 aliphatic heterocycles. The van der Waals surface area contributed by atoms with Crippen LogP contribution in [0.25, 0.3) is 0 Å². The first-order valence-electron chi connectivity index (χ1n) is 7.77. The number of anilines is 2. The van der Waals surface area contributed by atoms with Crippen molar-refractivity contribution in [3.8, 4) is 0 Å². The lowest BCUT2D eigenvalue weighted by Crippen LogP contribution is -2.31. The second kappa shape index (κ2) is 4.95. The van der Waals surface area contributed by atoms with Gasteiger partial charge in [0.15, 0.2) is 5.82 Å². The number of nitrogen functional groups attached to an aromatic ring is 1. The van der Waals surface area contributed by atoms with E-state index in [1.54, 1.807) is 0 Å². The Balaban J connectivity index is 1.87. The number of likely N-dealkylation sites (N-methyl/N-ethyl adjacent to an activating group) is 1. The van der Waals surface area contributed by atoms with Crippen LogP contribution in [0.15, 0.2) is 0 Å². The molecule has 2 aliphatic rings. The predicted octanol–water partition coefficient (Wildman–Crippen LogP) is 1.75. The van der Waals surface area contributed by atoms with E-state index in [0.29, 0.717) is 18.0 Å². The van der Waals surface area contributed by atoms with Crippen LogP contribution in [-0.2, 0) is 6.42 Å². The molecule has 0 bridgehead atoms. The standard InChI is InChI=1S/C15H27N5/c1-10-5-6-13-14(16)15(17-20(13)11(10)2)19-8-7-12(9-19)18(3)4/h10-12H,5-9,16H2,1-4H3. The Morgan fingerprint density at radius 2 is 2.00 bits per heavy atom. The molecule has 5 nitrogen and oxygen atoms in total. The number of aromatic nitrogens is 2. The van der Waals surface area contributed by atoms with Crippen LogP contribution in [0.4, 0.5) is 11.5 Å². The number of nitrogens with two attached hydrogens (primary N) is 1. The summed E-state index contributed by atoms with van der Waals surface area (Å²) in [5.74, 6) is 1.70. The van der Waals surface area contributed by atoms with Gasteiger partial charge >= 0.3 is 0 Å². The molecule has 1 aromatic heterocycles. The molecule has 0 aliphatic carbocycles. The van der Waals surface area contributed by atoms with E-state index in [1.165, 1.54) is 18.5 Å². The molecule has 2 N–H and O–H groups in total. The highest BCUT2D eigenvalue weighted by Crippen LogP contribution is 2.37. The maximum absolute atomic E-state index is 6.39. The third-order valence-corrected chi connectivity index (χ3v) is 5.27. The van der Waals surface area contributed by atoms with Crippen molar-refractivity contribution in [2.24, 2.45) is 5.92 Å². The van der Waals surface area contributed by atoms with Crippen molar-refractivity contribution in [3.05, 3.63) is 5.69 Å². The maximum Gasteiger partial charge on any atom is 0.174 e. The lowest BCUT2D eigenvalue weighted by molar-refractivity contribution is 0.292. The predicted molar refractivity (Wildman–Crippen MR) is 83.1 cm³/mol. The summed E-state index contributed by atoms with van der Waals surface area (Å²) >= 11 is 0. The summed E-state index contributed by atoms with van der Waals surface area (Å²) in [6, 6.07) is 1.08. The van der Waals surface area contributed by atoms with E-state index < -0.39 is 0 Å². The maximum atomic E-state index is 6.39. The van der Waals surface area contributed by atoms with Crippen LogP contribution in [0.2, 0.25) is 0 Å². The van der Waals surface area contributed by atoms with Crippen molar-refractivity contribution in [1.82, 2.24) is 14.7 Å². The Bertz CT molecular complexity index is 493. The third-order valence-electron chi connectivity index (χ3n) is 5.27. The molecule has 20 heavy (non-hydrogen) atoms. The molecule has 0 radical (unpaired) electrons. The van der Waals surface area contributed by atoms with Crippen molar-refractivity contribution in [1.29, 1.82) is 0 Å². The monoisotopic (exact) mass is 277 g/mol. The topological polar surface area (TPSA) is 50.3 Å². The first-order chi connectivity index (χ1) is 9.49. The molecule has 3 heterocycles. The molecular weight excluding hydrogens is 250 g/mol. The molecule has 3 atom stereocenters. The number of nitrogens with zero attached hydrogens (tertiary/aromatic N) is 4. The first-order valence-corrected chi connectivity index (χ1v) is 7.77. The van der Waals surface area contributed by atoms with Gasteiger partial charge in [0.25, 0.3) is 0 Å². The number of fused-ring (bicyclic) bond motifs is 1. The zero-order valence-corrected chi connectivity index (χ0v) is 13.1.